The molecule has 0 unspecified atom stereocenters. The molecule has 7 nitrogen and oxygen atoms in total. The van der Waals surface area contributed by atoms with E-state index in [2.05, 4.69) is 47.2 Å². The van der Waals surface area contributed by atoms with E-state index in [-0.39, 0.29) is 6.03 Å². The average molecular weight is 470 g/mol. The molecule has 0 bridgehead atoms. The lowest BCUT2D eigenvalue weighted by atomic mass is 10.0. The number of nitrogens with one attached hydrogen (secondary N) is 3. The molecule has 0 fully saturated rings. The number of H-pyrrole nitrogens is 1. The number of para-hydroxylation sites is 1. The van der Waals surface area contributed by atoms with E-state index in [0.717, 1.165) is 15.6 Å². The van der Waals surface area contributed by atoms with Gasteiger partial charge in [0, 0.05) is 15.1 Å². The summed E-state index contributed by atoms with van der Waals surface area (Å²) in [5.74, 6) is 0.372. The van der Waals surface area contributed by atoms with Crippen LogP contribution in [0.3, 0.4) is 0 Å². The zero-order valence-electron chi connectivity index (χ0n) is 14.9. The van der Waals surface area contributed by atoms with Crippen LogP contribution in [0.2, 0.25) is 5.02 Å². The average Bonchev–Trinajstić information content (AvgIpc) is 3.25. The topological polar surface area (TPSA) is 95.6 Å². The van der Waals surface area contributed by atoms with Crippen molar-refractivity contribution in [2.24, 2.45) is 0 Å². The number of carbonyl (C=O) groups excluding carboxylic acids is 1. The highest BCUT2D eigenvalue weighted by Crippen LogP contribution is 2.31. The van der Waals surface area contributed by atoms with Crippen molar-refractivity contribution in [1.29, 1.82) is 0 Å². The van der Waals surface area contributed by atoms with Gasteiger partial charge in [-0.15, -0.1) is 10.2 Å². The van der Waals surface area contributed by atoms with Crippen LogP contribution >= 0.6 is 27.5 Å². The van der Waals surface area contributed by atoms with Gasteiger partial charge in [-0.3, -0.25) is 0 Å². The van der Waals surface area contributed by atoms with Gasteiger partial charge in [0.25, 0.3) is 0 Å². The van der Waals surface area contributed by atoms with Crippen LogP contribution in [0, 0.1) is 0 Å². The van der Waals surface area contributed by atoms with Gasteiger partial charge in [-0.1, -0.05) is 41.9 Å². The zero-order valence-corrected chi connectivity index (χ0v) is 17.2. The van der Waals surface area contributed by atoms with E-state index in [1.165, 1.54) is 0 Å². The lowest BCUT2D eigenvalue weighted by Crippen LogP contribution is -2.20. The summed E-state index contributed by atoms with van der Waals surface area (Å²) in [5.41, 5.74) is 3.74. The van der Waals surface area contributed by atoms with Crippen LogP contribution in [0.15, 0.2) is 71.2 Å². The molecule has 9 heteroatoms. The van der Waals surface area contributed by atoms with Gasteiger partial charge >= 0.3 is 6.03 Å². The quantitative estimate of drug-likeness (QED) is 0.363. The summed E-state index contributed by atoms with van der Waals surface area (Å²) in [6.45, 7) is 0. The van der Waals surface area contributed by atoms with E-state index in [1.54, 1.807) is 12.1 Å². The summed E-state index contributed by atoms with van der Waals surface area (Å²) >= 11 is 9.39. The smallest absolute Gasteiger partial charge is 0.307 e. The van der Waals surface area contributed by atoms with E-state index >= 15 is 0 Å². The summed E-state index contributed by atoms with van der Waals surface area (Å²) in [6, 6.07) is 20.1. The Kier molecular flexibility index (Phi) is 5.55. The van der Waals surface area contributed by atoms with E-state index in [0.29, 0.717) is 27.8 Å². The van der Waals surface area contributed by atoms with Gasteiger partial charge in [0.15, 0.2) is 0 Å². The Morgan fingerprint density at radius 3 is 2.38 bits per heavy atom. The van der Waals surface area contributed by atoms with Crippen molar-refractivity contribution in [1.82, 2.24) is 20.6 Å². The molecule has 3 aromatic carbocycles. The van der Waals surface area contributed by atoms with Crippen LogP contribution in [0.1, 0.15) is 0 Å². The van der Waals surface area contributed by atoms with Crippen LogP contribution in [0.4, 0.5) is 16.2 Å². The number of rotatable bonds is 4. The number of urea groups is 1. The minimum atomic E-state index is -0.388. The number of anilines is 2. The van der Waals surface area contributed by atoms with Crippen molar-refractivity contribution >= 4 is 44.9 Å². The normalized spacial score (nSPS) is 10.6. The zero-order chi connectivity index (χ0) is 20.2. The first-order valence-electron chi connectivity index (χ1n) is 8.56. The van der Waals surface area contributed by atoms with Crippen LogP contribution in [-0.4, -0.2) is 26.7 Å². The summed E-state index contributed by atoms with van der Waals surface area (Å²) in [5, 5.41) is 20.5. The van der Waals surface area contributed by atoms with Crippen molar-refractivity contribution in [2.45, 2.75) is 0 Å². The van der Waals surface area contributed by atoms with Gasteiger partial charge < -0.3 is 10.6 Å². The molecule has 0 atom stereocenters. The maximum atomic E-state index is 12.5. The van der Waals surface area contributed by atoms with E-state index in [4.69, 9.17) is 11.6 Å². The predicted molar refractivity (Wildman–Crippen MR) is 117 cm³/mol. The third kappa shape index (κ3) is 4.44. The molecule has 0 aliphatic carbocycles. The first kappa shape index (κ1) is 19.1. The summed E-state index contributed by atoms with van der Waals surface area (Å²) < 4.78 is 0.784. The summed E-state index contributed by atoms with van der Waals surface area (Å²) in [7, 11) is 0. The molecule has 1 aromatic heterocycles. The first-order chi connectivity index (χ1) is 14.1. The highest BCUT2D eigenvalue weighted by atomic mass is 79.9. The summed E-state index contributed by atoms with van der Waals surface area (Å²) in [4.78, 5) is 12.5. The fraction of sp³-hybridized carbons (Fsp3) is 0. The number of benzene rings is 3. The Morgan fingerprint density at radius 1 is 0.931 bits per heavy atom. The monoisotopic (exact) mass is 468 g/mol. The number of hydrogen-bond acceptors (Lipinski definition) is 4. The van der Waals surface area contributed by atoms with Gasteiger partial charge in [-0.05, 0) is 68.7 Å². The van der Waals surface area contributed by atoms with Crippen molar-refractivity contribution < 1.29 is 4.79 Å². The van der Waals surface area contributed by atoms with Crippen LogP contribution in [0.25, 0.3) is 22.5 Å². The van der Waals surface area contributed by atoms with Crippen molar-refractivity contribution in [3.63, 3.8) is 0 Å². The molecule has 0 saturated heterocycles. The molecule has 0 spiro atoms. The molecule has 0 aliphatic rings. The molecule has 4 aromatic rings. The largest absolute Gasteiger partial charge is 0.323 e. The minimum absolute atomic E-state index is 0.372. The lowest BCUT2D eigenvalue weighted by molar-refractivity contribution is 0.262. The van der Waals surface area contributed by atoms with Crippen molar-refractivity contribution in [3.05, 3.63) is 76.2 Å². The molecule has 1 heterocycles. The molecule has 0 radical (unpaired) electrons. The fourth-order valence-corrected chi connectivity index (χ4v) is 3.28. The maximum Gasteiger partial charge on any atom is 0.323 e. The predicted octanol–water partition coefficient (Wildman–Crippen LogP) is 5.59. The SMILES string of the molecule is O=C(Nc1ccccc1Br)Nc1ccc(-c2ccc(Cl)cc2)cc1-c1nn[nH]n1. The van der Waals surface area contributed by atoms with E-state index in [9.17, 15) is 4.79 Å². The third-order valence-corrected chi connectivity index (χ3v) is 5.10. The second kappa shape index (κ2) is 8.42. The Morgan fingerprint density at radius 2 is 1.66 bits per heavy atom. The minimum Gasteiger partial charge on any atom is -0.307 e. The van der Waals surface area contributed by atoms with E-state index < -0.39 is 0 Å². The van der Waals surface area contributed by atoms with Crippen LogP contribution < -0.4 is 10.6 Å². The number of nitrogens with zero attached hydrogens (tertiary/aromatic N) is 3. The number of aromatic amines is 1. The number of aromatic nitrogens is 4. The Balaban J connectivity index is 1.65. The molecule has 29 heavy (non-hydrogen) atoms. The van der Waals surface area contributed by atoms with Crippen LogP contribution in [0.5, 0.6) is 0 Å². The highest BCUT2D eigenvalue weighted by Gasteiger charge is 2.14. The van der Waals surface area contributed by atoms with Gasteiger partial charge in [0.05, 0.1) is 11.4 Å². The first-order valence-corrected chi connectivity index (χ1v) is 9.73. The fourth-order valence-electron chi connectivity index (χ4n) is 2.77. The van der Waals surface area contributed by atoms with Crippen molar-refractivity contribution in [2.75, 3.05) is 10.6 Å². The number of tetrazole rings is 1. The Labute approximate surface area is 179 Å². The third-order valence-electron chi connectivity index (χ3n) is 4.15. The number of carbonyl (C=O) groups is 1. The summed E-state index contributed by atoms with van der Waals surface area (Å²) in [6.07, 6.45) is 0. The van der Waals surface area contributed by atoms with E-state index in [1.807, 2.05) is 54.6 Å². The van der Waals surface area contributed by atoms with Crippen LogP contribution in [-0.2, 0) is 0 Å². The maximum absolute atomic E-state index is 12.5. The van der Waals surface area contributed by atoms with Gasteiger partial charge in [0.1, 0.15) is 0 Å². The molecular weight excluding hydrogens is 456 g/mol. The number of hydrogen-bond donors (Lipinski definition) is 3. The second-order valence-electron chi connectivity index (χ2n) is 6.06. The second-order valence-corrected chi connectivity index (χ2v) is 7.35. The molecule has 0 aliphatic heterocycles. The molecule has 144 valence electrons. The van der Waals surface area contributed by atoms with Gasteiger partial charge in [-0.25, -0.2) is 4.79 Å². The lowest BCUT2D eigenvalue weighted by Gasteiger charge is -2.13. The highest BCUT2D eigenvalue weighted by molar-refractivity contribution is 9.10. The number of halogens is 2. The van der Waals surface area contributed by atoms with Crippen molar-refractivity contribution in [3.8, 4) is 22.5 Å². The Bertz CT molecular complexity index is 1150. The molecule has 4 rings (SSSR count). The molecule has 0 saturated carbocycles. The molecule has 2 amide bonds. The van der Waals surface area contributed by atoms with Gasteiger partial charge in [-0.2, -0.15) is 5.21 Å². The van der Waals surface area contributed by atoms with Gasteiger partial charge in [0.2, 0.25) is 5.82 Å². The Hall–Kier alpha value is -3.23. The number of amides is 2. The molecule has 3 N–H and O–H groups in total. The molecular formula is C20H14BrClN6O. The standard InChI is InChI=1S/C20H14BrClN6O/c21-16-3-1-2-4-18(16)24-20(29)23-17-10-7-13(12-5-8-14(22)9-6-12)11-15(17)19-25-27-28-26-19/h1-11H,(H2,23,24,29)(H,25,26,27,28).